The molecule has 1 saturated heterocycles. The van der Waals surface area contributed by atoms with Crippen LogP contribution < -0.4 is 5.73 Å². The van der Waals surface area contributed by atoms with E-state index in [4.69, 9.17) is 10.5 Å². The minimum Gasteiger partial charge on any atom is -0.463 e. The van der Waals surface area contributed by atoms with Gasteiger partial charge in [-0.3, -0.25) is 4.90 Å². The summed E-state index contributed by atoms with van der Waals surface area (Å²) in [5.41, 5.74) is 6.37. The number of likely N-dealkylation sites (tertiary alicyclic amines) is 1. The Morgan fingerprint density at radius 1 is 1.67 bits per heavy atom. The van der Waals surface area contributed by atoms with E-state index >= 15 is 0 Å². The van der Waals surface area contributed by atoms with E-state index in [1.54, 1.807) is 6.92 Å². The van der Waals surface area contributed by atoms with Crippen LogP contribution >= 0.6 is 0 Å². The molecule has 15 heavy (non-hydrogen) atoms. The Balaban J connectivity index is 2.33. The number of carbonyl (C=O) groups is 1. The molecule has 86 valence electrons. The molecule has 0 aliphatic carbocycles. The average Bonchev–Trinajstić information content (AvgIpc) is 2.18. The van der Waals surface area contributed by atoms with E-state index in [-0.39, 0.29) is 12.0 Å². The molecule has 1 aliphatic heterocycles. The van der Waals surface area contributed by atoms with Crippen LogP contribution in [-0.4, -0.2) is 43.2 Å². The third-order valence-corrected chi connectivity index (χ3v) is 2.52. The summed E-state index contributed by atoms with van der Waals surface area (Å²) in [7, 11) is 0. The molecular formula is C11H20N2O2. The van der Waals surface area contributed by atoms with E-state index in [1.807, 2.05) is 0 Å². The Hall–Kier alpha value is -0.870. The zero-order chi connectivity index (χ0) is 11.3. The summed E-state index contributed by atoms with van der Waals surface area (Å²) in [6.07, 6.45) is 2.17. The number of ether oxygens (including phenoxy) is 1. The van der Waals surface area contributed by atoms with Gasteiger partial charge in [0.15, 0.2) is 0 Å². The van der Waals surface area contributed by atoms with Crippen LogP contribution in [0.25, 0.3) is 0 Å². The first kappa shape index (κ1) is 12.2. The van der Waals surface area contributed by atoms with Gasteiger partial charge in [-0.25, -0.2) is 4.79 Å². The van der Waals surface area contributed by atoms with Crippen LogP contribution in [0.15, 0.2) is 12.2 Å². The highest BCUT2D eigenvalue weighted by Crippen LogP contribution is 2.10. The second kappa shape index (κ2) is 5.88. The fraction of sp³-hybridized carbons (Fsp3) is 0.727. The zero-order valence-corrected chi connectivity index (χ0v) is 9.37. The van der Waals surface area contributed by atoms with Crippen molar-refractivity contribution >= 4 is 5.97 Å². The molecular weight excluding hydrogens is 192 g/mol. The summed E-state index contributed by atoms with van der Waals surface area (Å²) < 4.78 is 4.88. The topological polar surface area (TPSA) is 55.6 Å². The van der Waals surface area contributed by atoms with Crippen molar-refractivity contribution in [2.75, 3.05) is 26.2 Å². The number of nitrogens with two attached hydrogens (primary N) is 1. The van der Waals surface area contributed by atoms with Crippen LogP contribution in [0.3, 0.4) is 0 Å². The highest BCUT2D eigenvalue weighted by Gasteiger charge is 2.19. The Morgan fingerprint density at radius 2 is 2.40 bits per heavy atom. The second-order valence-corrected chi connectivity index (χ2v) is 3.96. The highest BCUT2D eigenvalue weighted by molar-refractivity contribution is 5.88. The predicted molar refractivity (Wildman–Crippen MR) is 59.4 cm³/mol. The molecule has 0 aromatic carbocycles. The van der Waals surface area contributed by atoms with Crippen molar-refractivity contribution < 1.29 is 9.53 Å². The fourth-order valence-electron chi connectivity index (χ4n) is 1.80. The maximum atomic E-state index is 11.3. The molecule has 4 heteroatoms. The number of hydrogen-bond acceptors (Lipinski definition) is 4. The van der Waals surface area contributed by atoms with Gasteiger partial charge in [0, 0.05) is 24.7 Å². The fourth-order valence-corrected chi connectivity index (χ4v) is 1.80. The van der Waals surface area contributed by atoms with Gasteiger partial charge >= 0.3 is 5.97 Å². The largest absolute Gasteiger partial charge is 0.463 e. The van der Waals surface area contributed by atoms with Crippen molar-refractivity contribution in [3.05, 3.63) is 12.2 Å². The van der Waals surface area contributed by atoms with Gasteiger partial charge in [0.2, 0.25) is 0 Å². The van der Waals surface area contributed by atoms with Gasteiger partial charge in [0.25, 0.3) is 0 Å². The molecule has 1 unspecified atom stereocenters. The molecule has 0 radical (unpaired) electrons. The van der Waals surface area contributed by atoms with Crippen LogP contribution in [0.4, 0.5) is 0 Å². The lowest BCUT2D eigenvalue weighted by Gasteiger charge is -2.30. The minimum atomic E-state index is -0.295. The maximum Gasteiger partial charge on any atom is 0.334 e. The minimum absolute atomic E-state index is 0.230. The summed E-state index contributed by atoms with van der Waals surface area (Å²) >= 11 is 0. The molecule has 0 saturated carbocycles. The van der Waals surface area contributed by atoms with Crippen LogP contribution in [0.2, 0.25) is 0 Å². The van der Waals surface area contributed by atoms with Crippen LogP contribution in [0, 0.1) is 0 Å². The Morgan fingerprint density at radius 3 is 3.00 bits per heavy atom. The number of carbonyl (C=O) groups excluding carboxylic acids is 1. The molecule has 0 bridgehead atoms. The van der Waals surface area contributed by atoms with Crippen molar-refractivity contribution in [1.82, 2.24) is 4.90 Å². The van der Waals surface area contributed by atoms with Gasteiger partial charge in [-0.15, -0.1) is 0 Å². The molecule has 1 aliphatic rings. The second-order valence-electron chi connectivity index (χ2n) is 3.96. The number of rotatable bonds is 4. The predicted octanol–water partition coefficient (Wildman–Crippen LogP) is 0.529. The quantitative estimate of drug-likeness (QED) is 0.545. The third kappa shape index (κ3) is 4.01. The van der Waals surface area contributed by atoms with Crippen molar-refractivity contribution in [2.24, 2.45) is 5.73 Å². The first-order chi connectivity index (χ1) is 7.13. The number of hydrogen-bond donors (Lipinski definition) is 1. The monoisotopic (exact) mass is 212 g/mol. The Kier molecular flexibility index (Phi) is 4.78. The third-order valence-electron chi connectivity index (χ3n) is 2.52. The summed E-state index contributed by atoms with van der Waals surface area (Å²) in [5, 5.41) is 0. The smallest absolute Gasteiger partial charge is 0.334 e. The molecule has 0 spiro atoms. The van der Waals surface area contributed by atoms with Gasteiger partial charge in [-0.05, 0) is 26.3 Å². The first-order valence-electron chi connectivity index (χ1n) is 5.46. The Labute approximate surface area is 91.1 Å². The average molecular weight is 212 g/mol. The van der Waals surface area contributed by atoms with Crippen LogP contribution in [-0.2, 0) is 9.53 Å². The Bertz CT molecular complexity index is 241. The van der Waals surface area contributed by atoms with Gasteiger partial charge in [-0.1, -0.05) is 6.58 Å². The molecule has 1 atom stereocenters. The molecule has 1 heterocycles. The lowest BCUT2D eigenvalue weighted by atomic mass is 10.1. The molecule has 1 rings (SSSR count). The summed E-state index contributed by atoms with van der Waals surface area (Å²) in [4.78, 5) is 13.5. The van der Waals surface area contributed by atoms with Crippen molar-refractivity contribution in [2.45, 2.75) is 25.8 Å². The van der Waals surface area contributed by atoms with Crippen molar-refractivity contribution in [1.29, 1.82) is 0 Å². The highest BCUT2D eigenvalue weighted by atomic mass is 16.5. The van der Waals surface area contributed by atoms with Gasteiger partial charge in [-0.2, -0.15) is 0 Å². The summed E-state index contributed by atoms with van der Waals surface area (Å²) in [5.74, 6) is -0.295. The summed E-state index contributed by atoms with van der Waals surface area (Å²) in [6.45, 7) is 8.34. The SMILES string of the molecule is C=C(CN1CCCC(N)C1)C(=O)OCC. The van der Waals surface area contributed by atoms with E-state index in [9.17, 15) is 4.79 Å². The zero-order valence-electron chi connectivity index (χ0n) is 9.37. The molecule has 4 nitrogen and oxygen atoms in total. The van der Waals surface area contributed by atoms with Gasteiger partial charge < -0.3 is 10.5 Å². The number of nitrogens with zero attached hydrogens (tertiary/aromatic N) is 1. The van der Waals surface area contributed by atoms with E-state index in [0.717, 1.165) is 25.9 Å². The van der Waals surface area contributed by atoms with E-state index < -0.39 is 0 Å². The van der Waals surface area contributed by atoms with Crippen LogP contribution in [0.1, 0.15) is 19.8 Å². The molecule has 1 fully saturated rings. The van der Waals surface area contributed by atoms with Gasteiger partial charge in [0.1, 0.15) is 0 Å². The van der Waals surface area contributed by atoms with Gasteiger partial charge in [0.05, 0.1) is 6.61 Å². The molecule has 0 aromatic heterocycles. The standard InChI is InChI=1S/C11H20N2O2/c1-3-15-11(14)9(2)7-13-6-4-5-10(12)8-13/h10H,2-8,12H2,1H3. The van der Waals surface area contributed by atoms with E-state index in [1.165, 1.54) is 0 Å². The lowest BCUT2D eigenvalue weighted by molar-refractivity contribution is -0.138. The van der Waals surface area contributed by atoms with E-state index in [0.29, 0.717) is 18.7 Å². The van der Waals surface area contributed by atoms with E-state index in [2.05, 4.69) is 11.5 Å². The molecule has 0 aromatic rings. The maximum absolute atomic E-state index is 11.3. The van der Waals surface area contributed by atoms with Crippen molar-refractivity contribution in [3.8, 4) is 0 Å². The molecule has 0 amide bonds. The first-order valence-corrected chi connectivity index (χ1v) is 5.46. The number of esters is 1. The lowest BCUT2D eigenvalue weighted by Crippen LogP contribution is -2.43. The normalized spacial score (nSPS) is 22.4. The van der Waals surface area contributed by atoms with Crippen molar-refractivity contribution in [3.63, 3.8) is 0 Å². The summed E-state index contributed by atoms with van der Waals surface area (Å²) in [6, 6.07) is 0.230. The number of piperidine rings is 1. The molecule has 2 N–H and O–H groups in total. The van der Waals surface area contributed by atoms with Crippen LogP contribution in [0.5, 0.6) is 0 Å².